The average Bonchev–Trinajstić information content (AvgIpc) is 2.27. The Morgan fingerprint density at radius 2 is 1.82 bits per heavy atom. The fraction of sp³-hybridized carbons (Fsp3) is 0.625. The molecule has 1 N–H and O–H groups in total. The van der Waals surface area contributed by atoms with E-state index in [1.54, 1.807) is 5.56 Å². The molecule has 0 heterocycles. The Morgan fingerprint density at radius 1 is 1.18 bits per heavy atom. The van der Waals surface area contributed by atoms with Crippen LogP contribution in [0.2, 0.25) is 0 Å². The lowest BCUT2D eigenvalue weighted by Crippen LogP contribution is -2.46. The van der Waals surface area contributed by atoms with Gasteiger partial charge in [-0.25, -0.2) is 0 Å². The summed E-state index contributed by atoms with van der Waals surface area (Å²) in [5, 5.41) is 3.80. The van der Waals surface area contributed by atoms with Crippen molar-refractivity contribution >= 4 is 0 Å². The second-order valence-corrected chi connectivity index (χ2v) is 6.46. The second-order valence-electron chi connectivity index (χ2n) is 6.46. The Morgan fingerprint density at radius 3 is 2.47 bits per heavy atom. The van der Waals surface area contributed by atoms with Crippen LogP contribution in [0.1, 0.15) is 45.2 Å². The maximum absolute atomic E-state index is 3.80. The number of hydrogen-bond donors (Lipinski definition) is 1. The van der Waals surface area contributed by atoms with Gasteiger partial charge in [0.05, 0.1) is 0 Å². The Labute approximate surface area is 106 Å². The molecule has 0 radical (unpaired) electrons. The molecule has 0 aliphatic heterocycles. The molecule has 0 spiro atoms. The van der Waals surface area contributed by atoms with Gasteiger partial charge in [0.15, 0.2) is 0 Å². The second kappa shape index (κ2) is 4.81. The van der Waals surface area contributed by atoms with Gasteiger partial charge in [-0.3, -0.25) is 0 Å². The molecule has 2 rings (SSSR count). The summed E-state index contributed by atoms with van der Waals surface area (Å²) < 4.78 is 0. The van der Waals surface area contributed by atoms with Crippen molar-refractivity contribution in [3.05, 3.63) is 35.4 Å². The van der Waals surface area contributed by atoms with Gasteiger partial charge >= 0.3 is 0 Å². The van der Waals surface area contributed by atoms with Gasteiger partial charge in [0.25, 0.3) is 0 Å². The van der Waals surface area contributed by atoms with Gasteiger partial charge < -0.3 is 5.32 Å². The van der Waals surface area contributed by atoms with Crippen LogP contribution in [0.4, 0.5) is 0 Å². The van der Waals surface area contributed by atoms with Crippen molar-refractivity contribution in [1.29, 1.82) is 0 Å². The molecule has 1 aliphatic carbocycles. The van der Waals surface area contributed by atoms with Crippen molar-refractivity contribution < 1.29 is 0 Å². The van der Waals surface area contributed by atoms with E-state index in [0.717, 1.165) is 0 Å². The molecule has 0 bridgehead atoms. The SMILES string of the molecule is CC(NC1CCc2ccccc2C1)C(C)(C)C. The van der Waals surface area contributed by atoms with Gasteiger partial charge in [0.1, 0.15) is 0 Å². The largest absolute Gasteiger partial charge is 0.311 e. The van der Waals surface area contributed by atoms with Crippen LogP contribution in [0, 0.1) is 5.41 Å². The van der Waals surface area contributed by atoms with E-state index >= 15 is 0 Å². The third-order valence-electron chi connectivity index (χ3n) is 4.13. The monoisotopic (exact) mass is 231 g/mol. The Kier molecular flexibility index (Phi) is 3.58. The highest BCUT2D eigenvalue weighted by Gasteiger charge is 2.25. The molecular formula is C16H25N. The smallest absolute Gasteiger partial charge is 0.0113 e. The summed E-state index contributed by atoms with van der Waals surface area (Å²) in [6.07, 6.45) is 3.69. The summed E-state index contributed by atoms with van der Waals surface area (Å²) in [7, 11) is 0. The number of benzene rings is 1. The molecule has 2 unspecified atom stereocenters. The van der Waals surface area contributed by atoms with Crippen molar-refractivity contribution in [3.63, 3.8) is 0 Å². The fourth-order valence-corrected chi connectivity index (χ4v) is 2.44. The number of rotatable bonds is 2. The molecule has 0 fully saturated rings. The van der Waals surface area contributed by atoms with E-state index in [0.29, 0.717) is 17.5 Å². The van der Waals surface area contributed by atoms with E-state index in [2.05, 4.69) is 57.3 Å². The topological polar surface area (TPSA) is 12.0 Å². The highest BCUT2D eigenvalue weighted by Crippen LogP contribution is 2.24. The fourth-order valence-electron chi connectivity index (χ4n) is 2.44. The van der Waals surface area contributed by atoms with Crippen LogP contribution in [0.25, 0.3) is 0 Å². The predicted octanol–water partition coefficient (Wildman–Crippen LogP) is 3.57. The highest BCUT2D eigenvalue weighted by atomic mass is 15.0. The zero-order valence-corrected chi connectivity index (χ0v) is 11.6. The van der Waals surface area contributed by atoms with E-state index in [-0.39, 0.29) is 0 Å². The molecule has 0 saturated carbocycles. The molecule has 94 valence electrons. The molecule has 17 heavy (non-hydrogen) atoms. The molecule has 1 heteroatoms. The quantitative estimate of drug-likeness (QED) is 0.820. The van der Waals surface area contributed by atoms with E-state index in [1.165, 1.54) is 24.8 Å². The number of aryl methyl sites for hydroxylation is 1. The Hall–Kier alpha value is -0.820. The highest BCUT2D eigenvalue weighted by molar-refractivity contribution is 5.30. The lowest BCUT2D eigenvalue weighted by molar-refractivity contribution is 0.253. The summed E-state index contributed by atoms with van der Waals surface area (Å²) in [5.74, 6) is 0. The van der Waals surface area contributed by atoms with Crippen LogP contribution in [0.3, 0.4) is 0 Å². The van der Waals surface area contributed by atoms with Gasteiger partial charge in [-0.2, -0.15) is 0 Å². The van der Waals surface area contributed by atoms with E-state index < -0.39 is 0 Å². The van der Waals surface area contributed by atoms with Crippen LogP contribution in [-0.4, -0.2) is 12.1 Å². The number of fused-ring (bicyclic) bond motifs is 1. The zero-order valence-electron chi connectivity index (χ0n) is 11.6. The van der Waals surface area contributed by atoms with E-state index in [1.807, 2.05) is 0 Å². The first-order valence-corrected chi connectivity index (χ1v) is 6.79. The third-order valence-corrected chi connectivity index (χ3v) is 4.13. The van der Waals surface area contributed by atoms with Gasteiger partial charge in [-0.15, -0.1) is 0 Å². The number of hydrogen-bond acceptors (Lipinski definition) is 1. The maximum Gasteiger partial charge on any atom is 0.0113 e. The zero-order chi connectivity index (χ0) is 12.5. The molecule has 1 aromatic carbocycles. The summed E-state index contributed by atoms with van der Waals surface area (Å²) in [6, 6.07) is 10.1. The molecular weight excluding hydrogens is 206 g/mol. The van der Waals surface area contributed by atoms with Crippen molar-refractivity contribution in [2.45, 2.75) is 59.0 Å². The summed E-state index contributed by atoms with van der Waals surface area (Å²) in [4.78, 5) is 0. The molecule has 0 aromatic heterocycles. The third kappa shape index (κ3) is 3.10. The van der Waals surface area contributed by atoms with Crippen molar-refractivity contribution in [2.24, 2.45) is 5.41 Å². The molecule has 1 aliphatic rings. The van der Waals surface area contributed by atoms with Crippen molar-refractivity contribution in [1.82, 2.24) is 5.32 Å². The van der Waals surface area contributed by atoms with Crippen LogP contribution >= 0.6 is 0 Å². The van der Waals surface area contributed by atoms with Crippen LogP contribution in [-0.2, 0) is 12.8 Å². The van der Waals surface area contributed by atoms with Crippen LogP contribution < -0.4 is 5.32 Å². The lowest BCUT2D eigenvalue weighted by atomic mass is 9.84. The summed E-state index contributed by atoms with van der Waals surface area (Å²) in [6.45, 7) is 9.23. The van der Waals surface area contributed by atoms with Crippen LogP contribution in [0.15, 0.2) is 24.3 Å². The Balaban J connectivity index is 1.99. The van der Waals surface area contributed by atoms with Crippen molar-refractivity contribution in [3.8, 4) is 0 Å². The first-order chi connectivity index (χ1) is 7.97. The van der Waals surface area contributed by atoms with E-state index in [4.69, 9.17) is 0 Å². The normalized spacial score (nSPS) is 22.0. The summed E-state index contributed by atoms with van der Waals surface area (Å²) >= 11 is 0. The van der Waals surface area contributed by atoms with Crippen LogP contribution in [0.5, 0.6) is 0 Å². The standard InChI is InChI=1S/C16H25N/c1-12(16(2,3)4)17-15-10-9-13-7-5-6-8-14(13)11-15/h5-8,12,15,17H,9-11H2,1-4H3. The first kappa shape index (κ1) is 12.6. The lowest BCUT2D eigenvalue weighted by Gasteiger charge is -2.34. The van der Waals surface area contributed by atoms with Crippen molar-refractivity contribution in [2.75, 3.05) is 0 Å². The first-order valence-electron chi connectivity index (χ1n) is 6.79. The van der Waals surface area contributed by atoms with Gasteiger partial charge in [-0.1, -0.05) is 45.0 Å². The van der Waals surface area contributed by atoms with Gasteiger partial charge in [0.2, 0.25) is 0 Å². The predicted molar refractivity (Wildman–Crippen MR) is 74.3 cm³/mol. The Bertz CT molecular complexity index is 375. The maximum atomic E-state index is 3.80. The molecule has 1 aromatic rings. The minimum Gasteiger partial charge on any atom is -0.311 e. The average molecular weight is 231 g/mol. The number of nitrogens with one attached hydrogen (secondary N) is 1. The van der Waals surface area contributed by atoms with E-state index in [9.17, 15) is 0 Å². The minimum atomic E-state index is 0.344. The summed E-state index contributed by atoms with van der Waals surface area (Å²) in [5.41, 5.74) is 3.43. The molecule has 0 saturated heterocycles. The molecule has 2 atom stereocenters. The van der Waals surface area contributed by atoms with Gasteiger partial charge in [0, 0.05) is 12.1 Å². The molecule has 0 amide bonds. The minimum absolute atomic E-state index is 0.344. The van der Waals surface area contributed by atoms with Gasteiger partial charge in [-0.05, 0) is 42.7 Å². The molecule has 1 nitrogen and oxygen atoms in total.